The Morgan fingerprint density at radius 1 is 0.679 bits per heavy atom. The monoisotopic (exact) mass is 742 g/mol. The summed E-state index contributed by atoms with van der Waals surface area (Å²) in [6, 6.07) is 16.3. The molecule has 16 heteroatoms. The maximum Gasteiger partial charge on any atom is 0.408 e. The van der Waals surface area contributed by atoms with Crippen LogP contribution in [0, 0.1) is 0 Å². The molecule has 1 fully saturated rings. The van der Waals surface area contributed by atoms with Crippen molar-refractivity contribution >= 4 is 41.8 Å². The Kier molecular flexibility index (Phi) is 14.9. The van der Waals surface area contributed by atoms with Crippen LogP contribution in [0.4, 0.5) is 4.79 Å². The molecule has 3 rings (SSSR count). The number of ether oxygens (including phenoxy) is 7. The molecule has 1 heterocycles. The van der Waals surface area contributed by atoms with Gasteiger partial charge in [-0.2, -0.15) is 0 Å². The van der Waals surface area contributed by atoms with E-state index >= 15 is 0 Å². The highest BCUT2D eigenvalue weighted by molar-refractivity contribution is 5.85. The summed E-state index contributed by atoms with van der Waals surface area (Å²) in [5.41, 5.74) is 0.283. The van der Waals surface area contributed by atoms with Crippen LogP contribution in [0.3, 0.4) is 0 Å². The molecule has 2 aromatic rings. The number of carbonyl (C=O) groups excluding carboxylic acids is 7. The van der Waals surface area contributed by atoms with Gasteiger partial charge in [-0.05, 0) is 31.9 Å². The third-order valence-corrected chi connectivity index (χ3v) is 7.51. The molecule has 53 heavy (non-hydrogen) atoms. The molecule has 0 bridgehead atoms. The molecule has 7 atom stereocenters. The Morgan fingerprint density at radius 2 is 1.17 bits per heavy atom. The molecule has 2 amide bonds. The normalized spacial score (nSPS) is 20.8. The van der Waals surface area contributed by atoms with E-state index in [-0.39, 0.29) is 0 Å². The second-order valence-electron chi connectivity index (χ2n) is 13.1. The van der Waals surface area contributed by atoms with Crippen molar-refractivity contribution in [2.75, 3.05) is 6.61 Å². The first kappa shape index (κ1) is 41.9. The summed E-state index contributed by atoms with van der Waals surface area (Å²) in [5.74, 6) is -6.15. The third-order valence-electron chi connectivity index (χ3n) is 7.51. The average Bonchev–Trinajstić information content (AvgIpc) is 3.04. The summed E-state index contributed by atoms with van der Waals surface area (Å²) >= 11 is 0. The van der Waals surface area contributed by atoms with Crippen LogP contribution in [-0.2, 0) is 61.9 Å². The van der Waals surface area contributed by atoms with Gasteiger partial charge in [0.05, 0.1) is 6.04 Å². The maximum absolute atomic E-state index is 14.5. The number of alkyl carbamates (subject to hydrolysis) is 1. The molecule has 0 saturated carbocycles. The van der Waals surface area contributed by atoms with Crippen LogP contribution in [0.5, 0.6) is 0 Å². The standard InChI is InChI=1S/C37H46N2O14/c1-20(40)47-19-27-30(48-21(2)41)32(50-23(4)43)33(51-24(5)44)35(52-27)39-34(45)31(49-22(3)42)29(38-36(46)53-37(6,7)8)28(25-15-11-9-12-16-25)26-17-13-10-14-18-26/h9-18,27-33,35H,19H2,1-8H3,(H,38,46)(H,39,45)/t27-,29+,30-,31+,32+,33-,35-/m1/s1. The first-order valence-electron chi connectivity index (χ1n) is 16.7. The zero-order valence-electron chi connectivity index (χ0n) is 30.8. The summed E-state index contributed by atoms with van der Waals surface area (Å²) in [6.07, 6.45) is -10.6. The lowest BCUT2D eigenvalue weighted by atomic mass is 9.82. The Bertz CT molecular complexity index is 1570. The van der Waals surface area contributed by atoms with Crippen molar-refractivity contribution in [2.45, 2.75) is 110 Å². The molecule has 0 unspecified atom stereocenters. The molecular formula is C37H46N2O14. The minimum absolute atomic E-state index is 0.551. The first-order chi connectivity index (χ1) is 24.9. The van der Waals surface area contributed by atoms with Gasteiger partial charge >= 0.3 is 35.9 Å². The van der Waals surface area contributed by atoms with Crippen LogP contribution in [0.25, 0.3) is 0 Å². The summed E-state index contributed by atoms with van der Waals surface area (Å²) in [7, 11) is 0. The Labute approximate surface area is 307 Å². The van der Waals surface area contributed by atoms with E-state index in [1.54, 1.807) is 81.4 Å². The molecule has 1 saturated heterocycles. The van der Waals surface area contributed by atoms with Crippen LogP contribution in [-0.4, -0.2) is 96.8 Å². The number of hydrogen-bond acceptors (Lipinski definition) is 14. The Morgan fingerprint density at radius 3 is 1.62 bits per heavy atom. The SMILES string of the molecule is CC(=O)OC[C@H]1O[C@@H](NC(=O)[C@@H](OC(C)=O)[C@@H](NC(=O)OC(C)(C)C)C(c2ccccc2)c2ccccc2)[C@H](OC(C)=O)[C@@H](OC(C)=O)[C@@H]1OC(C)=O. The van der Waals surface area contributed by atoms with Crippen LogP contribution < -0.4 is 10.6 Å². The molecule has 1 aliphatic heterocycles. The van der Waals surface area contributed by atoms with E-state index in [1.807, 2.05) is 0 Å². The predicted octanol–water partition coefficient (Wildman–Crippen LogP) is 2.84. The van der Waals surface area contributed by atoms with Gasteiger partial charge in [0.2, 0.25) is 6.10 Å². The van der Waals surface area contributed by atoms with Gasteiger partial charge in [-0.15, -0.1) is 0 Å². The molecule has 2 N–H and O–H groups in total. The Balaban J connectivity index is 2.19. The molecule has 0 aromatic heterocycles. The van der Waals surface area contributed by atoms with E-state index in [0.29, 0.717) is 11.1 Å². The van der Waals surface area contributed by atoms with Gasteiger partial charge in [0.1, 0.15) is 18.3 Å². The molecule has 288 valence electrons. The van der Waals surface area contributed by atoms with Gasteiger partial charge in [-0.3, -0.25) is 28.8 Å². The van der Waals surface area contributed by atoms with Gasteiger partial charge in [-0.1, -0.05) is 60.7 Å². The van der Waals surface area contributed by atoms with Crippen molar-refractivity contribution in [3.8, 4) is 0 Å². The largest absolute Gasteiger partial charge is 0.463 e. The first-order valence-corrected chi connectivity index (χ1v) is 16.7. The highest BCUT2D eigenvalue weighted by atomic mass is 16.7. The molecule has 0 radical (unpaired) electrons. The van der Waals surface area contributed by atoms with Crippen LogP contribution >= 0.6 is 0 Å². The van der Waals surface area contributed by atoms with Crippen molar-refractivity contribution in [1.82, 2.24) is 10.6 Å². The lowest BCUT2D eigenvalue weighted by Crippen LogP contribution is -2.67. The van der Waals surface area contributed by atoms with Gasteiger partial charge < -0.3 is 43.8 Å². The lowest BCUT2D eigenvalue weighted by molar-refractivity contribution is -0.257. The van der Waals surface area contributed by atoms with E-state index < -0.39 is 103 Å². The van der Waals surface area contributed by atoms with Crippen LogP contribution in [0.1, 0.15) is 72.4 Å². The highest BCUT2D eigenvalue weighted by Gasteiger charge is 2.53. The summed E-state index contributed by atoms with van der Waals surface area (Å²) in [4.78, 5) is 89.3. The Hall–Kier alpha value is -5.51. The summed E-state index contributed by atoms with van der Waals surface area (Å²) in [6.45, 7) is 9.74. The highest BCUT2D eigenvalue weighted by Crippen LogP contribution is 2.33. The van der Waals surface area contributed by atoms with E-state index in [4.69, 9.17) is 33.2 Å². The number of esters is 5. The molecule has 2 aromatic carbocycles. The van der Waals surface area contributed by atoms with Gasteiger partial charge in [0.25, 0.3) is 5.91 Å². The van der Waals surface area contributed by atoms with Gasteiger partial charge in [0, 0.05) is 40.5 Å². The zero-order valence-corrected chi connectivity index (χ0v) is 30.8. The lowest BCUT2D eigenvalue weighted by Gasteiger charge is -2.44. The maximum atomic E-state index is 14.5. The van der Waals surface area contributed by atoms with E-state index in [9.17, 15) is 33.6 Å². The predicted molar refractivity (Wildman–Crippen MR) is 184 cm³/mol. The summed E-state index contributed by atoms with van der Waals surface area (Å²) in [5, 5.41) is 5.29. The van der Waals surface area contributed by atoms with Gasteiger partial charge in [-0.25, -0.2) is 4.79 Å². The quantitative estimate of drug-likeness (QED) is 0.224. The number of carbonyl (C=O) groups is 7. The van der Waals surface area contributed by atoms with Crippen molar-refractivity contribution in [2.24, 2.45) is 0 Å². The van der Waals surface area contributed by atoms with E-state index in [1.165, 1.54) is 0 Å². The fraction of sp³-hybridized carbons (Fsp3) is 0.486. The van der Waals surface area contributed by atoms with Crippen LogP contribution in [0.2, 0.25) is 0 Å². The molecule has 0 spiro atoms. The second-order valence-corrected chi connectivity index (χ2v) is 13.1. The minimum atomic E-state index is -1.82. The summed E-state index contributed by atoms with van der Waals surface area (Å²) < 4.78 is 38.7. The topological polar surface area (TPSA) is 208 Å². The van der Waals surface area contributed by atoms with Crippen molar-refractivity contribution < 1.29 is 66.7 Å². The van der Waals surface area contributed by atoms with Crippen molar-refractivity contribution in [3.05, 3.63) is 71.8 Å². The second kappa shape index (κ2) is 18.8. The molecule has 1 aliphatic rings. The average molecular weight is 743 g/mol. The fourth-order valence-electron chi connectivity index (χ4n) is 5.74. The molecule has 0 aliphatic carbocycles. The van der Waals surface area contributed by atoms with Crippen LogP contribution in [0.15, 0.2) is 60.7 Å². The number of rotatable bonds is 13. The van der Waals surface area contributed by atoms with E-state index in [2.05, 4.69) is 10.6 Å². The fourth-order valence-corrected chi connectivity index (χ4v) is 5.74. The molecular weight excluding hydrogens is 696 g/mol. The molecule has 16 nitrogen and oxygen atoms in total. The zero-order chi connectivity index (χ0) is 39.5. The number of hydrogen-bond donors (Lipinski definition) is 2. The van der Waals surface area contributed by atoms with E-state index in [0.717, 1.165) is 34.6 Å². The minimum Gasteiger partial charge on any atom is -0.463 e. The van der Waals surface area contributed by atoms with Crippen molar-refractivity contribution in [3.63, 3.8) is 0 Å². The number of amides is 2. The number of nitrogens with one attached hydrogen (secondary N) is 2. The third kappa shape index (κ3) is 12.9. The smallest absolute Gasteiger partial charge is 0.408 e. The number of benzene rings is 2. The van der Waals surface area contributed by atoms with Gasteiger partial charge in [0.15, 0.2) is 24.5 Å². The van der Waals surface area contributed by atoms with Crippen molar-refractivity contribution in [1.29, 1.82) is 0 Å².